The molecule has 0 amide bonds. The molecule has 148 valence electrons. The van der Waals surface area contributed by atoms with Crippen molar-refractivity contribution in [2.45, 2.75) is 20.8 Å². The molecule has 28 heavy (non-hydrogen) atoms. The first-order chi connectivity index (χ1) is 13.4. The predicted octanol–water partition coefficient (Wildman–Crippen LogP) is 3.03. The largest absolute Gasteiger partial charge is 0.497 e. The lowest BCUT2D eigenvalue weighted by Crippen LogP contribution is -2.34. The van der Waals surface area contributed by atoms with Crippen LogP contribution in [0, 0.1) is 5.82 Å². The van der Waals surface area contributed by atoms with Gasteiger partial charge in [0.2, 0.25) is 0 Å². The van der Waals surface area contributed by atoms with E-state index in [0.717, 1.165) is 24.5 Å². The number of amidine groups is 1. The van der Waals surface area contributed by atoms with Gasteiger partial charge in [0, 0.05) is 30.8 Å². The van der Waals surface area contributed by atoms with Crippen molar-refractivity contribution in [1.29, 1.82) is 0 Å². The molecule has 1 aromatic rings. The third kappa shape index (κ3) is 3.62. The van der Waals surface area contributed by atoms with Crippen LogP contribution in [0.15, 0.2) is 52.6 Å². The minimum absolute atomic E-state index is 0.0749. The SMILES string of the molecule is C=C1N(CC(=O)c2cc(F)cc(OC)c2)N=C2C=C(N(CC)CC)C(C)=NN12. The second-order valence-corrected chi connectivity index (χ2v) is 6.43. The van der Waals surface area contributed by atoms with Gasteiger partial charge in [0.1, 0.15) is 23.9 Å². The van der Waals surface area contributed by atoms with Gasteiger partial charge in [-0.3, -0.25) is 4.79 Å². The lowest BCUT2D eigenvalue weighted by Gasteiger charge is -2.29. The van der Waals surface area contributed by atoms with Gasteiger partial charge in [0.25, 0.3) is 0 Å². The maximum atomic E-state index is 13.7. The van der Waals surface area contributed by atoms with Crippen LogP contribution in [-0.2, 0) is 0 Å². The highest BCUT2D eigenvalue weighted by atomic mass is 19.1. The van der Waals surface area contributed by atoms with E-state index in [1.54, 1.807) is 5.01 Å². The molecule has 3 rings (SSSR count). The van der Waals surface area contributed by atoms with Crippen molar-refractivity contribution in [3.63, 3.8) is 0 Å². The molecule has 0 radical (unpaired) electrons. The molecule has 0 aromatic heterocycles. The summed E-state index contributed by atoms with van der Waals surface area (Å²) in [6, 6.07) is 3.92. The van der Waals surface area contributed by atoms with E-state index in [0.29, 0.717) is 17.4 Å². The Morgan fingerprint density at radius 3 is 2.61 bits per heavy atom. The molecule has 0 N–H and O–H groups in total. The van der Waals surface area contributed by atoms with Crippen molar-refractivity contribution in [3.05, 3.63) is 53.8 Å². The molecule has 0 fully saturated rings. The molecular weight excluding hydrogens is 361 g/mol. The minimum Gasteiger partial charge on any atom is -0.497 e. The normalized spacial score (nSPS) is 15.8. The number of hydrogen-bond acceptors (Lipinski definition) is 7. The van der Waals surface area contributed by atoms with Crippen molar-refractivity contribution < 1.29 is 13.9 Å². The van der Waals surface area contributed by atoms with Crippen LogP contribution >= 0.6 is 0 Å². The molecule has 0 saturated heterocycles. The zero-order valence-electron chi connectivity index (χ0n) is 16.6. The molecule has 0 atom stereocenters. The summed E-state index contributed by atoms with van der Waals surface area (Å²) >= 11 is 0. The molecule has 8 heteroatoms. The number of nitrogens with zero attached hydrogens (tertiary/aromatic N) is 5. The second kappa shape index (κ2) is 7.84. The number of carbonyl (C=O) groups is 1. The standard InChI is InChI=1S/C20H24FN5O2/c1-6-24(7-2)18-11-20-23-25(14(4)26(20)22-13(18)3)12-19(27)15-8-16(21)10-17(9-15)28-5/h8-11H,4,6-7,12H2,1-3,5H3. The molecule has 7 nitrogen and oxygen atoms in total. The number of carbonyl (C=O) groups excluding carboxylic acids is 1. The summed E-state index contributed by atoms with van der Waals surface area (Å²) in [5.41, 5.74) is 2.07. The van der Waals surface area contributed by atoms with Crippen LogP contribution in [0.25, 0.3) is 0 Å². The summed E-state index contributed by atoms with van der Waals surface area (Å²) in [6.07, 6.45) is 1.94. The molecule has 1 aromatic carbocycles. The van der Waals surface area contributed by atoms with Crippen molar-refractivity contribution in [2.24, 2.45) is 10.2 Å². The number of rotatable bonds is 7. The summed E-state index contributed by atoms with van der Waals surface area (Å²) in [4.78, 5) is 14.8. The van der Waals surface area contributed by atoms with Gasteiger partial charge in [0.15, 0.2) is 11.6 Å². The maximum absolute atomic E-state index is 13.7. The highest BCUT2D eigenvalue weighted by Gasteiger charge is 2.32. The van der Waals surface area contributed by atoms with E-state index < -0.39 is 5.82 Å². The zero-order chi connectivity index (χ0) is 20.4. The van der Waals surface area contributed by atoms with E-state index in [1.165, 1.54) is 30.3 Å². The van der Waals surface area contributed by atoms with E-state index in [9.17, 15) is 9.18 Å². The molecule has 2 aliphatic heterocycles. The molecule has 0 aliphatic carbocycles. The smallest absolute Gasteiger partial charge is 0.184 e. The average Bonchev–Trinajstić information content (AvgIpc) is 2.97. The fourth-order valence-electron chi connectivity index (χ4n) is 3.17. The third-order valence-electron chi connectivity index (χ3n) is 4.70. The van der Waals surface area contributed by atoms with Crippen molar-refractivity contribution in [1.82, 2.24) is 14.9 Å². The Labute approximate surface area is 164 Å². The average molecular weight is 385 g/mol. The fraction of sp³-hybridized carbons (Fsp3) is 0.350. The van der Waals surface area contributed by atoms with Crippen LogP contribution in [0.5, 0.6) is 5.75 Å². The van der Waals surface area contributed by atoms with Gasteiger partial charge in [-0.1, -0.05) is 6.58 Å². The summed E-state index contributed by atoms with van der Waals surface area (Å²) in [7, 11) is 1.43. The Kier molecular flexibility index (Phi) is 5.48. The van der Waals surface area contributed by atoms with E-state index in [1.807, 2.05) is 13.0 Å². The van der Waals surface area contributed by atoms with Crippen LogP contribution in [0.1, 0.15) is 31.1 Å². The van der Waals surface area contributed by atoms with E-state index >= 15 is 0 Å². The Balaban J connectivity index is 1.83. The summed E-state index contributed by atoms with van der Waals surface area (Å²) in [5.74, 6) is 0.540. The second-order valence-electron chi connectivity index (χ2n) is 6.43. The van der Waals surface area contributed by atoms with Gasteiger partial charge in [0.05, 0.1) is 18.5 Å². The Bertz CT molecular complexity index is 902. The molecule has 0 bridgehead atoms. The van der Waals surface area contributed by atoms with Gasteiger partial charge in [-0.2, -0.15) is 15.2 Å². The lowest BCUT2D eigenvalue weighted by atomic mass is 10.1. The molecule has 0 unspecified atom stereocenters. The highest BCUT2D eigenvalue weighted by molar-refractivity contribution is 6.09. The van der Waals surface area contributed by atoms with Crippen molar-refractivity contribution in [3.8, 4) is 5.75 Å². The van der Waals surface area contributed by atoms with Gasteiger partial charge in [-0.05, 0) is 32.9 Å². The number of fused-ring (bicyclic) bond motifs is 1. The van der Waals surface area contributed by atoms with E-state index in [4.69, 9.17) is 4.74 Å². The van der Waals surface area contributed by atoms with E-state index in [2.05, 4.69) is 35.5 Å². The fourth-order valence-corrected chi connectivity index (χ4v) is 3.17. The van der Waals surface area contributed by atoms with Crippen LogP contribution in [0.4, 0.5) is 4.39 Å². The number of allylic oxidation sites excluding steroid dienone is 1. The number of benzene rings is 1. The van der Waals surface area contributed by atoms with Crippen molar-refractivity contribution in [2.75, 3.05) is 26.7 Å². The Morgan fingerprint density at radius 1 is 1.25 bits per heavy atom. The monoisotopic (exact) mass is 385 g/mol. The number of hydrazone groups is 2. The van der Waals surface area contributed by atoms with Crippen LogP contribution in [-0.4, -0.2) is 59.0 Å². The number of halogens is 1. The molecule has 2 heterocycles. The number of ketones is 1. The highest BCUT2D eigenvalue weighted by Crippen LogP contribution is 2.26. The quantitative estimate of drug-likeness (QED) is 0.675. The topological polar surface area (TPSA) is 60.7 Å². The minimum atomic E-state index is -0.529. The number of ether oxygens (including phenoxy) is 1. The summed E-state index contributed by atoms with van der Waals surface area (Å²) in [5, 5.41) is 12.1. The van der Waals surface area contributed by atoms with Crippen molar-refractivity contribution >= 4 is 17.3 Å². The first-order valence-corrected chi connectivity index (χ1v) is 9.13. The number of Topliss-reactive ketones (excluding diaryl/α,β-unsaturated/α-hetero) is 1. The summed E-state index contributed by atoms with van der Waals surface area (Å²) in [6.45, 7) is 11.7. The Morgan fingerprint density at radius 2 is 1.96 bits per heavy atom. The van der Waals surface area contributed by atoms with E-state index in [-0.39, 0.29) is 17.9 Å². The molecule has 2 aliphatic rings. The van der Waals surface area contributed by atoms with Crippen LogP contribution < -0.4 is 4.74 Å². The van der Waals surface area contributed by atoms with Gasteiger partial charge >= 0.3 is 0 Å². The molecular formula is C20H24FN5O2. The predicted molar refractivity (Wildman–Crippen MR) is 107 cm³/mol. The van der Waals surface area contributed by atoms with Gasteiger partial charge in [-0.25, -0.2) is 9.40 Å². The van der Waals surface area contributed by atoms with Gasteiger partial charge in [-0.15, -0.1) is 0 Å². The first-order valence-electron chi connectivity index (χ1n) is 9.13. The summed E-state index contributed by atoms with van der Waals surface area (Å²) < 4.78 is 18.7. The maximum Gasteiger partial charge on any atom is 0.184 e. The molecule has 0 spiro atoms. The number of methoxy groups -OCH3 is 1. The first kappa shape index (κ1) is 19.6. The van der Waals surface area contributed by atoms with Gasteiger partial charge < -0.3 is 9.64 Å². The molecule has 0 saturated carbocycles. The van der Waals surface area contributed by atoms with Crippen LogP contribution in [0.3, 0.4) is 0 Å². The zero-order valence-corrected chi connectivity index (χ0v) is 16.6. The number of hydrogen-bond donors (Lipinski definition) is 0. The van der Waals surface area contributed by atoms with Crippen LogP contribution in [0.2, 0.25) is 0 Å². The lowest BCUT2D eigenvalue weighted by molar-refractivity contribution is 0.0947. The Hall–Kier alpha value is -3.16. The third-order valence-corrected chi connectivity index (χ3v) is 4.70.